The van der Waals surface area contributed by atoms with Crippen molar-refractivity contribution >= 4 is 11.8 Å². The molecule has 2 unspecified atom stereocenters. The lowest BCUT2D eigenvalue weighted by Gasteiger charge is -2.28. The zero-order valence-corrected chi connectivity index (χ0v) is 10.5. The summed E-state index contributed by atoms with van der Waals surface area (Å²) in [6.45, 7) is 2.40. The van der Waals surface area contributed by atoms with E-state index in [2.05, 4.69) is 0 Å². The van der Waals surface area contributed by atoms with Crippen molar-refractivity contribution in [3.05, 3.63) is 0 Å². The summed E-state index contributed by atoms with van der Waals surface area (Å²) in [4.78, 5) is 24.3. The van der Waals surface area contributed by atoms with Crippen LogP contribution in [0.1, 0.15) is 39.0 Å². The fraction of sp³-hybridized carbons (Fsp3) is 0.833. The number of amides is 2. The van der Waals surface area contributed by atoms with Gasteiger partial charge in [0, 0.05) is 19.0 Å². The van der Waals surface area contributed by atoms with Crippen LogP contribution in [0.15, 0.2) is 0 Å². The van der Waals surface area contributed by atoms with Crippen molar-refractivity contribution in [1.82, 2.24) is 4.90 Å². The van der Waals surface area contributed by atoms with Crippen molar-refractivity contribution in [2.45, 2.75) is 45.1 Å². The molecule has 4 N–H and O–H groups in total. The Morgan fingerprint density at radius 2 is 2.06 bits per heavy atom. The third-order valence-corrected chi connectivity index (χ3v) is 3.37. The molecule has 1 fully saturated rings. The van der Waals surface area contributed by atoms with Gasteiger partial charge in [0.25, 0.3) is 0 Å². The zero-order valence-electron chi connectivity index (χ0n) is 10.5. The third kappa shape index (κ3) is 4.73. The smallest absolute Gasteiger partial charge is 0.237 e. The minimum Gasteiger partial charge on any atom is -0.368 e. The van der Waals surface area contributed by atoms with Crippen LogP contribution in [0.25, 0.3) is 0 Å². The maximum Gasteiger partial charge on any atom is 0.237 e. The van der Waals surface area contributed by atoms with E-state index in [0.717, 1.165) is 25.7 Å². The largest absolute Gasteiger partial charge is 0.368 e. The molecule has 0 heterocycles. The molecule has 98 valence electrons. The van der Waals surface area contributed by atoms with E-state index >= 15 is 0 Å². The monoisotopic (exact) mass is 241 g/mol. The summed E-state index contributed by atoms with van der Waals surface area (Å²) in [6.07, 6.45) is 4.63. The van der Waals surface area contributed by atoms with Crippen molar-refractivity contribution in [1.29, 1.82) is 0 Å². The summed E-state index contributed by atoms with van der Waals surface area (Å²) in [5.41, 5.74) is 11.0. The van der Waals surface area contributed by atoms with Gasteiger partial charge in [-0.1, -0.05) is 6.42 Å². The maximum atomic E-state index is 12.0. The van der Waals surface area contributed by atoms with E-state index in [1.54, 1.807) is 0 Å². The quantitative estimate of drug-likeness (QED) is 0.722. The molecule has 17 heavy (non-hydrogen) atoms. The van der Waals surface area contributed by atoms with Gasteiger partial charge < -0.3 is 16.4 Å². The number of hydrogen-bond donors (Lipinski definition) is 2. The van der Waals surface area contributed by atoms with Gasteiger partial charge in [-0.05, 0) is 32.1 Å². The first-order valence-corrected chi connectivity index (χ1v) is 6.34. The van der Waals surface area contributed by atoms with Crippen molar-refractivity contribution < 1.29 is 9.59 Å². The zero-order chi connectivity index (χ0) is 12.8. The Hall–Kier alpha value is -1.10. The van der Waals surface area contributed by atoms with Crippen LogP contribution in [-0.4, -0.2) is 35.8 Å². The fourth-order valence-corrected chi connectivity index (χ4v) is 2.46. The van der Waals surface area contributed by atoms with Gasteiger partial charge in [0.05, 0.1) is 6.54 Å². The standard InChI is InChI=1S/C12H23N3O2/c1-2-15(8-11(14)16)12(17)7-9-4-3-5-10(13)6-9/h9-10H,2-8,13H2,1H3,(H2,14,16). The molecule has 1 aliphatic carbocycles. The van der Waals surface area contributed by atoms with Gasteiger partial charge >= 0.3 is 0 Å². The molecule has 1 rings (SSSR count). The van der Waals surface area contributed by atoms with E-state index in [4.69, 9.17) is 11.5 Å². The molecular weight excluding hydrogens is 218 g/mol. The Morgan fingerprint density at radius 1 is 1.35 bits per heavy atom. The van der Waals surface area contributed by atoms with E-state index in [0.29, 0.717) is 18.9 Å². The summed E-state index contributed by atoms with van der Waals surface area (Å²) < 4.78 is 0. The predicted molar refractivity (Wildman–Crippen MR) is 66.0 cm³/mol. The number of nitrogens with two attached hydrogens (primary N) is 2. The lowest BCUT2D eigenvalue weighted by Crippen LogP contribution is -2.40. The van der Waals surface area contributed by atoms with Gasteiger partial charge in [0.1, 0.15) is 0 Å². The van der Waals surface area contributed by atoms with Crippen LogP contribution in [0.2, 0.25) is 0 Å². The van der Waals surface area contributed by atoms with Crippen LogP contribution in [0.4, 0.5) is 0 Å². The molecule has 5 heteroatoms. The second kappa shape index (κ2) is 6.59. The summed E-state index contributed by atoms with van der Waals surface area (Å²) in [5, 5.41) is 0. The number of hydrogen-bond acceptors (Lipinski definition) is 3. The number of primary amides is 1. The van der Waals surface area contributed by atoms with Crippen LogP contribution in [-0.2, 0) is 9.59 Å². The lowest BCUT2D eigenvalue weighted by atomic mass is 9.84. The topological polar surface area (TPSA) is 89.4 Å². The molecule has 2 amide bonds. The highest BCUT2D eigenvalue weighted by Gasteiger charge is 2.24. The Bertz CT molecular complexity index is 281. The highest BCUT2D eigenvalue weighted by Crippen LogP contribution is 2.26. The molecule has 1 saturated carbocycles. The second-order valence-electron chi connectivity index (χ2n) is 4.87. The molecule has 5 nitrogen and oxygen atoms in total. The Balaban J connectivity index is 2.43. The van der Waals surface area contributed by atoms with Crippen LogP contribution in [0, 0.1) is 5.92 Å². The number of likely N-dealkylation sites (N-methyl/N-ethyl adjacent to an activating group) is 1. The first kappa shape index (κ1) is 14.0. The van der Waals surface area contributed by atoms with Crippen LogP contribution in [0.3, 0.4) is 0 Å². The van der Waals surface area contributed by atoms with Crippen molar-refractivity contribution in [3.8, 4) is 0 Å². The van der Waals surface area contributed by atoms with Crippen molar-refractivity contribution in [3.63, 3.8) is 0 Å². The number of carbonyl (C=O) groups excluding carboxylic acids is 2. The summed E-state index contributed by atoms with van der Waals surface area (Å²) in [6, 6.07) is 0.229. The number of carbonyl (C=O) groups is 2. The van der Waals surface area contributed by atoms with E-state index in [1.165, 1.54) is 4.90 Å². The Morgan fingerprint density at radius 3 is 2.59 bits per heavy atom. The van der Waals surface area contributed by atoms with Gasteiger partial charge in [0.2, 0.25) is 11.8 Å². The Kier molecular flexibility index (Phi) is 5.41. The second-order valence-corrected chi connectivity index (χ2v) is 4.87. The average molecular weight is 241 g/mol. The first-order chi connectivity index (χ1) is 8.02. The van der Waals surface area contributed by atoms with Crippen LogP contribution in [0.5, 0.6) is 0 Å². The van der Waals surface area contributed by atoms with Crippen LogP contribution >= 0.6 is 0 Å². The molecule has 0 bridgehead atoms. The molecule has 0 aromatic carbocycles. The third-order valence-electron chi connectivity index (χ3n) is 3.37. The Labute approximate surface area is 103 Å². The van der Waals surface area contributed by atoms with Crippen LogP contribution < -0.4 is 11.5 Å². The van der Waals surface area contributed by atoms with E-state index in [1.807, 2.05) is 6.92 Å². The molecule has 1 aliphatic rings. The lowest BCUT2D eigenvalue weighted by molar-refractivity contribution is -0.136. The summed E-state index contributed by atoms with van der Waals surface area (Å²) in [5.74, 6) is -0.0703. The van der Waals surface area contributed by atoms with E-state index < -0.39 is 5.91 Å². The molecular formula is C12H23N3O2. The number of rotatable bonds is 5. The van der Waals surface area contributed by atoms with Gasteiger partial charge in [-0.2, -0.15) is 0 Å². The summed E-state index contributed by atoms with van der Waals surface area (Å²) >= 11 is 0. The predicted octanol–water partition coefficient (Wildman–Crippen LogP) is 0.228. The first-order valence-electron chi connectivity index (χ1n) is 6.34. The van der Waals surface area contributed by atoms with E-state index in [-0.39, 0.29) is 18.5 Å². The summed E-state index contributed by atoms with van der Waals surface area (Å²) in [7, 11) is 0. The highest BCUT2D eigenvalue weighted by molar-refractivity contribution is 5.83. The van der Waals surface area contributed by atoms with Gasteiger partial charge in [-0.15, -0.1) is 0 Å². The molecule has 0 spiro atoms. The normalized spacial score (nSPS) is 24.4. The van der Waals surface area contributed by atoms with Crippen molar-refractivity contribution in [2.24, 2.45) is 17.4 Å². The maximum absolute atomic E-state index is 12.0. The highest BCUT2D eigenvalue weighted by atomic mass is 16.2. The molecule has 0 aromatic heterocycles. The number of nitrogens with zero attached hydrogens (tertiary/aromatic N) is 1. The van der Waals surface area contributed by atoms with E-state index in [9.17, 15) is 9.59 Å². The van der Waals surface area contributed by atoms with Gasteiger partial charge in [-0.3, -0.25) is 9.59 Å². The SMILES string of the molecule is CCN(CC(N)=O)C(=O)CC1CCCC(N)C1. The van der Waals surface area contributed by atoms with Gasteiger partial charge in [0.15, 0.2) is 0 Å². The molecule has 0 aliphatic heterocycles. The fourth-order valence-electron chi connectivity index (χ4n) is 2.46. The molecule has 0 saturated heterocycles. The average Bonchev–Trinajstić information content (AvgIpc) is 2.25. The van der Waals surface area contributed by atoms with Crippen molar-refractivity contribution in [2.75, 3.05) is 13.1 Å². The molecule has 2 atom stereocenters. The minimum atomic E-state index is -0.458. The van der Waals surface area contributed by atoms with Gasteiger partial charge in [-0.25, -0.2) is 0 Å². The minimum absolute atomic E-state index is 0.0189. The molecule has 0 aromatic rings. The molecule has 0 radical (unpaired) electrons.